The van der Waals surface area contributed by atoms with Crippen LogP contribution in [0.3, 0.4) is 0 Å². The standard InChI is InChI=1S/C14H18ClNS/c15-12-7-5-10(6-8-12)14-16-9-11-3-1-2-4-13(11)17-14/h5-8,11,13-14,16H,1-4,9H2. The SMILES string of the molecule is Clc1ccc(C2NCC3CCCCC3S2)cc1. The molecule has 1 aromatic carbocycles. The van der Waals surface area contributed by atoms with E-state index in [1.54, 1.807) is 0 Å². The fourth-order valence-corrected chi connectivity index (χ4v) is 4.64. The van der Waals surface area contributed by atoms with E-state index in [1.165, 1.54) is 37.8 Å². The van der Waals surface area contributed by atoms with Crippen molar-refractivity contribution in [1.82, 2.24) is 5.32 Å². The maximum absolute atomic E-state index is 5.93. The van der Waals surface area contributed by atoms with E-state index in [2.05, 4.69) is 29.2 Å². The molecule has 1 aromatic rings. The predicted molar refractivity (Wildman–Crippen MR) is 75.5 cm³/mol. The second-order valence-corrected chi connectivity index (χ2v) is 6.84. The first-order valence-corrected chi connectivity index (χ1v) is 7.79. The summed E-state index contributed by atoms with van der Waals surface area (Å²) in [6, 6.07) is 8.28. The monoisotopic (exact) mass is 267 g/mol. The molecule has 92 valence electrons. The Labute approximate surface area is 112 Å². The molecule has 17 heavy (non-hydrogen) atoms. The minimum Gasteiger partial charge on any atom is -0.301 e. The second-order valence-electron chi connectivity index (χ2n) is 5.06. The van der Waals surface area contributed by atoms with Crippen molar-refractivity contribution in [2.24, 2.45) is 5.92 Å². The zero-order valence-corrected chi connectivity index (χ0v) is 11.4. The van der Waals surface area contributed by atoms with Crippen LogP contribution < -0.4 is 5.32 Å². The van der Waals surface area contributed by atoms with Gasteiger partial charge in [-0.05, 0) is 36.5 Å². The van der Waals surface area contributed by atoms with Gasteiger partial charge in [0.2, 0.25) is 0 Å². The van der Waals surface area contributed by atoms with Crippen molar-refractivity contribution < 1.29 is 0 Å². The molecule has 3 atom stereocenters. The molecule has 3 rings (SSSR count). The quantitative estimate of drug-likeness (QED) is 0.817. The molecule has 0 bridgehead atoms. The molecule has 0 spiro atoms. The molecule has 0 aromatic heterocycles. The minimum absolute atomic E-state index is 0.464. The largest absolute Gasteiger partial charge is 0.301 e. The number of halogens is 1. The van der Waals surface area contributed by atoms with E-state index in [4.69, 9.17) is 11.6 Å². The molecule has 1 saturated heterocycles. The van der Waals surface area contributed by atoms with Gasteiger partial charge in [-0.15, -0.1) is 11.8 Å². The number of rotatable bonds is 1. The highest BCUT2D eigenvalue weighted by Gasteiger charge is 2.32. The van der Waals surface area contributed by atoms with Gasteiger partial charge in [-0.25, -0.2) is 0 Å². The van der Waals surface area contributed by atoms with Gasteiger partial charge in [0.25, 0.3) is 0 Å². The number of thioether (sulfide) groups is 1. The molecule has 1 saturated carbocycles. The summed E-state index contributed by atoms with van der Waals surface area (Å²) in [6.07, 6.45) is 5.66. The normalized spacial score (nSPS) is 33.1. The lowest BCUT2D eigenvalue weighted by molar-refractivity contribution is 0.336. The van der Waals surface area contributed by atoms with Crippen LogP contribution in [0.1, 0.15) is 36.6 Å². The summed E-state index contributed by atoms with van der Waals surface area (Å²) in [6.45, 7) is 1.19. The van der Waals surface area contributed by atoms with Crippen LogP contribution in [-0.4, -0.2) is 11.8 Å². The van der Waals surface area contributed by atoms with Crippen LogP contribution >= 0.6 is 23.4 Å². The van der Waals surface area contributed by atoms with Crippen LogP contribution in [0.2, 0.25) is 5.02 Å². The van der Waals surface area contributed by atoms with Crippen LogP contribution in [0.15, 0.2) is 24.3 Å². The lowest BCUT2D eigenvalue weighted by atomic mass is 9.88. The molecule has 1 heterocycles. The van der Waals surface area contributed by atoms with Gasteiger partial charge in [0, 0.05) is 16.8 Å². The van der Waals surface area contributed by atoms with Crippen LogP contribution in [0.5, 0.6) is 0 Å². The summed E-state index contributed by atoms with van der Waals surface area (Å²) in [5.41, 5.74) is 1.36. The molecule has 3 unspecified atom stereocenters. The third-order valence-corrected chi connectivity index (χ3v) is 5.82. The van der Waals surface area contributed by atoms with Gasteiger partial charge < -0.3 is 5.32 Å². The van der Waals surface area contributed by atoms with E-state index >= 15 is 0 Å². The molecule has 1 nitrogen and oxygen atoms in total. The Morgan fingerprint density at radius 2 is 1.88 bits per heavy atom. The third-order valence-electron chi connectivity index (χ3n) is 3.89. The van der Waals surface area contributed by atoms with E-state index in [-0.39, 0.29) is 0 Å². The number of hydrogen-bond acceptors (Lipinski definition) is 2. The van der Waals surface area contributed by atoms with Crippen LogP contribution in [0.25, 0.3) is 0 Å². The maximum atomic E-state index is 5.93. The first kappa shape index (κ1) is 11.9. The first-order valence-electron chi connectivity index (χ1n) is 6.47. The summed E-state index contributed by atoms with van der Waals surface area (Å²) < 4.78 is 0. The Kier molecular flexibility index (Phi) is 3.64. The van der Waals surface area contributed by atoms with Crippen molar-refractivity contribution in [2.75, 3.05) is 6.54 Å². The van der Waals surface area contributed by atoms with Gasteiger partial charge in [0.15, 0.2) is 0 Å². The highest BCUT2D eigenvalue weighted by Crippen LogP contribution is 2.43. The van der Waals surface area contributed by atoms with E-state index in [0.717, 1.165) is 16.2 Å². The molecular weight excluding hydrogens is 250 g/mol. The zero-order valence-electron chi connectivity index (χ0n) is 9.86. The van der Waals surface area contributed by atoms with Crippen molar-refractivity contribution in [3.8, 4) is 0 Å². The van der Waals surface area contributed by atoms with Gasteiger partial charge in [0.1, 0.15) is 0 Å². The Morgan fingerprint density at radius 3 is 2.71 bits per heavy atom. The van der Waals surface area contributed by atoms with Gasteiger partial charge in [-0.2, -0.15) is 0 Å². The van der Waals surface area contributed by atoms with Crippen LogP contribution in [0, 0.1) is 5.92 Å². The van der Waals surface area contributed by atoms with Crippen LogP contribution in [-0.2, 0) is 0 Å². The Morgan fingerprint density at radius 1 is 1.12 bits per heavy atom. The zero-order chi connectivity index (χ0) is 11.7. The fourth-order valence-electron chi connectivity index (χ4n) is 2.90. The summed E-state index contributed by atoms with van der Waals surface area (Å²) in [7, 11) is 0. The van der Waals surface area contributed by atoms with E-state index in [1.807, 2.05) is 12.1 Å². The van der Waals surface area contributed by atoms with Crippen molar-refractivity contribution in [1.29, 1.82) is 0 Å². The van der Waals surface area contributed by atoms with Gasteiger partial charge in [-0.1, -0.05) is 36.6 Å². The first-order chi connectivity index (χ1) is 8.33. The van der Waals surface area contributed by atoms with E-state index in [9.17, 15) is 0 Å². The smallest absolute Gasteiger partial charge is 0.0792 e. The average molecular weight is 268 g/mol. The third kappa shape index (κ3) is 2.64. The summed E-state index contributed by atoms with van der Waals surface area (Å²) in [4.78, 5) is 0. The van der Waals surface area contributed by atoms with Crippen molar-refractivity contribution in [3.05, 3.63) is 34.9 Å². The molecule has 1 N–H and O–H groups in total. The number of fused-ring (bicyclic) bond motifs is 1. The molecule has 1 aliphatic carbocycles. The molecule has 0 amide bonds. The Balaban J connectivity index is 1.71. The van der Waals surface area contributed by atoms with E-state index < -0.39 is 0 Å². The molecular formula is C14H18ClNS. The van der Waals surface area contributed by atoms with Crippen molar-refractivity contribution in [2.45, 2.75) is 36.3 Å². The highest BCUT2D eigenvalue weighted by atomic mass is 35.5. The average Bonchev–Trinajstić information content (AvgIpc) is 2.39. The predicted octanol–water partition coefficient (Wildman–Crippen LogP) is 4.23. The lowest BCUT2D eigenvalue weighted by Gasteiger charge is -2.39. The molecule has 2 aliphatic rings. The lowest BCUT2D eigenvalue weighted by Crippen LogP contribution is -2.39. The Hall–Kier alpha value is -0.180. The number of benzene rings is 1. The Bertz CT molecular complexity index is 378. The number of hydrogen-bond donors (Lipinski definition) is 1. The summed E-state index contributed by atoms with van der Waals surface area (Å²) in [5, 5.41) is 5.83. The van der Waals surface area contributed by atoms with Crippen molar-refractivity contribution in [3.63, 3.8) is 0 Å². The number of nitrogens with one attached hydrogen (secondary N) is 1. The second kappa shape index (κ2) is 5.21. The topological polar surface area (TPSA) is 12.0 Å². The van der Waals surface area contributed by atoms with Gasteiger partial charge >= 0.3 is 0 Å². The fraction of sp³-hybridized carbons (Fsp3) is 0.571. The van der Waals surface area contributed by atoms with Gasteiger partial charge in [0.05, 0.1) is 5.37 Å². The highest BCUT2D eigenvalue weighted by molar-refractivity contribution is 8.00. The molecule has 0 radical (unpaired) electrons. The molecule has 3 heteroatoms. The van der Waals surface area contributed by atoms with Crippen molar-refractivity contribution >= 4 is 23.4 Å². The summed E-state index contributed by atoms with van der Waals surface area (Å²) >= 11 is 8.05. The van der Waals surface area contributed by atoms with Gasteiger partial charge in [-0.3, -0.25) is 0 Å². The molecule has 2 fully saturated rings. The van der Waals surface area contributed by atoms with Crippen LogP contribution in [0.4, 0.5) is 0 Å². The maximum Gasteiger partial charge on any atom is 0.0792 e. The van der Waals surface area contributed by atoms with E-state index in [0.29, 0.717) is 5.37 Å². The minimum atomic E-state index is 0.464. The summed E-state index contributed by atoms with van der Waals surface area (Å²) in [5.74, 6) is 0.900. The molecule has 1 aliphatic heterocycles.